The first-order chi connectivity index (χ1) is 16.1. The first-order valence-corrected chi connectivity index (χ1v) is 12.2. The standard InChI is InChI=1S/C25H29NO5S2/c1-3-4-5-6-13-29-19-8-10-20(11-9-19)30-14-15-31-21-12-7-18(16-22(21)28-2)17-23-24(27)26-25(32)33-23/h7-12,16-17H,3-6,13-15H2,1-2H3,(H,26,27,32). The Bertz CT molecular complexity index is 975. The lowest BCUT2D eigenvalue weighted by Crippen LogP contribution is -2.17. The van der Waals surface area contributed by atoms with Crippen molar-refractivity contribution in [2.45, 2.75) is 32.6 Å². The monoisotopic (exact) mass is 487 g/mol. The fourth-order valence-corrected chi connectivity index (χ4v) is 4.17. The number of ether oxygens (including phenoxy) is 4. The van der Waals surface area contributed by atoms with Crippen LogP contribution in [0.2, 0.25) is 0 Å². The number of carbonyl (C=O) groups is 1. The molecule has 1 fully saturated rings. The Kier molecular flexibility index (Phi) is 9.90. The molecule has 0 atom stereocenters. The summed E-state index contributed by atoms with van der Waals surface area (Å²) in [5, 5.41) is 2.60. The molecule has 176 valence electrons. The van der Waals surface area contributed by atoms with Crippen LogP contribution in [0.3, 0.4) is 0 Å². The molecule has 2 aromatic rings. The second kappa shape index (κ2) is 13.1. The topological polar surface area (TPSA) is 66.0 Å². The molecule has 1 N–H and O–H groups in total. The van der Waals surface area contributed by atoms with E-state index in [0.29, 0.717) is 33.9 Å². The van der Waals surface area contributed by atoms with E-state index in [1.807, 2.05) is 42.5 Å². The van der Waals surface area contributed by atoms with E-state index in [1.54, 1.807) is 13.2 Å². The minimum Gasteiger partial charge on any atom is -0.494 e. The molecule has 6 nitrogen and oxygen atoms in total. The Balaban J connectivity index is 1.44. The smallest absolute Gasteiger partial charge is 0.263 e. The zero-order chi connectivity index (χ0) is 23.5. The summed E-state index contributed by atoms with van der Waals surface area (Å²) in [6, 6.07) is 13.1. The average molecular weight is 488 g/mol. The molecular weight excluding hydrogens is 458 g/mol. The number of carbonyl (C=O) groups excluding carboxylic acids is 1. The van der Waals surface area contributed by atoms with Crippen LogP contribution in [0.5, 0.6) is 23.0 Å². The van der Waals surface area contributed by atoms with Crippen LogP contribution in [0, 0.1) is 0 Å². The highest BCUT2D eigenvalue weighted by Gasteiger charge is 2.22. The summed E-state index contributed by atoms with van der Waals surface area (Å²) in [7, 11) is 1.58. The minimum atomic E-state index is -0.187. The third-order valence-corrected chi connectivity index (χ3v) is 5.99. The lowest BCUT2D eigenvalue weighted by Gasteiger charge is -2.12. The SMILES string of the molecule is CCCCCCOc1ccc(OCCOc2ccc(C=C3SC(=S)NC3=O)cc2OC)cc1. The summed E-state index contributed by atoms with van der Waals surface area (Å²) in [5.41, 5.74) is 0.825. The molecule has 0 aromatic heterocycles. The zero-order valence-corrected chi connectivity index (χ0v) is 20.6. The Morgan fingerprint density at radius 2 is 1.61 bits per heavy atom. The van der Waals surface area contributed by atoms with Gasteiger partial charge in [-0.3, -0.25) is 4.79 Å². The van der Waals surface area contributed by atoms with Gasteiger partial charge in [0.05, 0.1) is 18.6 Å². The maximum absolute atomic E-state index is 11.8. The van der Waals surface area contributed by atoms with Crippen LogP contribution in [0.15, 0.2) is 47.4 Å². The van der Waals surface area contributed by atoms with Crippen molar-refractivity contribution in [3.8, 4) is 23.0 Å². The van der Waals surface area contributed by atoms with E-state index in [9.17, 15) is 4.79 Å². The first kappa shape index (κ1) is 24.9. The van der Waals surface area contributed by atoms with Crippen LogP contribution >= 0.6 is 24.0 Å². The van der Waals surface area contributed by atoms with Crippen molar-refractivity contribution in [2.75, 3.05) is 26.9 Å². The van der Waals surface area contributed by atoms with Gasteiger partial charge in [0.15, 0.2) is 11.5 Å². The molecule has 0 bridgehead atoms. The van der Waals surface area contributed by atoms with E-state index >= 15 is 0 Å². The van der Waals surface area contributed by atoms with E-state index in [2.05, 4.69) is 12.2 Å². The summed E-state index contributed by atoms with van der Waals surface area (Å²) in [4.78, 5) is 12.4. The average Bonchev–Trinajstić information content (AvgIpc) is 3.14. The number of thioether (sulfide) groups is 1. The maximum Gasteiger partial charge on any atom is 0.263 e. The number of nitrogens with one attached hydrogen (secondary N) is 1. The molecule has 8 heteroatoms. The van der Waals surface area contributed by atoms with Crippen molar-refractivity contribution in [3.05, 3.63) is 52.9 Å². The number of rotatable bonds is 13. The van der Waals surface area contributed by atoms with E-state index in [0.717, 1.165) is 30.1 Å². The van der Waals surface area contributed by atoms with Gasteiger partial charge in [0.1, 0.15) is 29.0 Å². The summed E-state index contributed by atoms with van der Waals surface area (Å²) < 4.78 is 23.2. The largest absolute Gasteiger partial charge is 0.494 e. The van der Waals surface area contributed by atoms with Crippen molar-refractivity contribution < 1.29 is 23.7 Å². The molecule has 1 amide bonds. The molecule has 1 aliphatic heterocycles. The zero-order valence-electron chi connectivity index (χ0n) is 18.9. The Morgan fingerprint density at radius 1 is 0.909 bits per heavy atom. The molecule has 1 aliphatic rings. The molecule has 0 saturated carbocycles. The molecule has 1 saturated heterocycles. The van der Waals surface area contributed by atoms with Gasteiger partial charge in [-0.25, -0.2) is 0 Å². The number of amides is 1. The van der Waals surface area contributed by atoms with Gasteiger partial charge in [-0.2, -0.15) is 0 Å². The quantitative estimate of drug-likeness (QED) is 0.224. The molecule has 1 heterocycles. The number of unbranched alkanes of at least 4 members (excludes halogenated alkanes) is 3. The second-order valence-corrected chi connectivity index (χ2v) is 9.06. The van der Waals surface area contributed by atoms with Gasteiger partial charge in [0, 0.05) is 0 Å². The van der Waals surface area contributed by atoms with Gasteiger partial charge in [-0.05, 0) is 54.5 Å². The normalized spacial score (nSPS) is 14.3. The summed E-state index contributed by atoms with van der Waals surface area (Å²) in [5.74, 6) is 2.61. The lowest BCUT2D eigenvalue weighted by molar-refractivity contribution is -0.115. The highest BCUT2D eigenvalue weighted by molar-refractivity contribution is 8.26. The van der Waals surface area contributed by atoms with Crippen molar-refractivity contribution in [1.82, 2.24) is 5.32 Å². The van der Waals surface area contributed by atoms with Crippen molar-refractivity contribution in [3.63, 3.8) is 0 Å². The Labute approximate surface area is 204 Å². The molecule has 3 rings (SSSR count). The van der Waals surface area contributed by atoms with Gasteiger partial charge in [0.2, 0.25) is 0 Å². The van der Waals surface area contributed by atoms with E-state index < -0.39 is 0 Å². The van der Waals surface area contributed by atoms with Crippen LogP contribution in [0.4, 0.5) is 0 Å². The predicted octanol–water partition coefficient (Wildman–Crippen LogP) is 5.60. The molecular formula is C25H29NO5S2. The number of hydrogen-bond donors (Lipinski definition) is 1. The maximum atomic E-state index is 11.8. The fourth-order valence-electron chi connectivity index (χ4n) is 3.13. The lowest BCUT2D eigenvalue weighted by atomic mass is 10.2. The number of methoxy groups -OCH3 is 1. The van der Waals surface area contributed by atoms with E-state index in [1.165, 1.54) is 31.0 Å². The third-order valence-electron chi connectivity index (χ3n) is 4.83. The molecule has 0 aliphatic carbocycles. The Hall–Kier alpha value is -2.71. The minimum absolute atomic E-state index is 0.187. The molecule has 0 spiro atoms. The molecule has 2 aromatic carbocycles. The van der Waals surface area contributed by atoms with E-state index in [-0.39, 0.29) is 5.91 Å². The van der Waals surface area contributed by atoms with Gasteiger partial charge in [-0.1, -0.05) is 56.2 Å². The van der Waals surface area contributed by atoms with Gasteiger partial charge >= 0.3 is 0 Å². The molecule has 33 heavy (non-hydrogen) atoms. The van der Waals surface area contributed by atoms with Gasteiger partial charge < -0.3 is 24.3 Å². The summed E-state index contributed by atoms with van der Waals surface area (Å²) in [6.45, 7) is 3.69. The Morgan fingerprint density at radius 3 is 2.24 bits per heavy atom. The fraction of sp³-hybridized carbons (Fsp3) is 0.360. The van der Waals surface area contributed by atoms with Crippen molar-refractivity contribution >= 4 is 40.3 Å². The highest BCUT2D eigenvalue weighted by atomic mass is 32.2. The summed E-state index contributed by atoms with van der Waals surface area (Å²) >= 11 is 6.26. The van der Waals surface area contributed by atoms with Crippen LogP contribution in [0.25, 0.3) is 6.08 Å². The van der Waals surface area contributed by atoms with Crippen LogP contribution in [-0.2, 0) is 4.79 Å². The molecule has 0 radical (unpaired) electrons. The van der Waals surface area contributed by atoms with Crippen LogP contribution < -0.4 is 24.3 Å². The van der Waals surface area contributed by atoms with Crippen molar-refractivity contribution in [2.24, 2.45) is 0 Å². The van der Waals surface area contributed by atoms with Crippen molar-refractivity contribution in [1.29, 1.82) is 0 Å². The first-order valence-electron chi connectivity index (χ1n) is 11.0. The number of benzene rings is 2. The van der Waals surface area contributed by atoms with E-state index in [4.69, 9.17) is 31.2 Å². The highest BCUT2D eigenvalue weighted by Crippen LogP contribution is 2.31. The predicted molar refractivity (Wildman–Crippen MR) is 136 cm³/mol. The van der Waals surface area contributed by atoms with Crippen LogP contribution in [-0.4, -0.2) is 37.2 Å². The van der Waals surface area contributed by atoms with Gasteiger partial charge in [0.25, 0.3) is 5.91 Å². The van der Waals surface area contributed by atoms with Gasteiger partial charge in [-0.15, -0.1) is 0 Å². The van der Waals surface area contributed by atoms with Crippen LogP contribution in [0.1, 0.15) is 38.2 Å². The number of thiocarbonyl (C=S) groups is 1. The molecule has 0 unspecified atom stereocenters. The third kappa shape index (κ3) is 7.98. The number of hydrogen-bond acceptors (Lipinski definition) is 7. The second-order valence-electron chi connectivity index (χ2n) is 7.34. The summed E-state index contributed by atoms with van der Waals surface area (Å²) in [6.07, 6.45) is 6.52.